The molecule has 0 saturated carbocycles. The quantitative estimate of drug-likeness (QED) is 0.205. The molecule has 1 N–H and O–H groups in total. The fourth-order valence-corrected chi connectivity index (χ4v) is 2.84. The third kappa shape index (κ3) is 11.6. The van der Waals surface area contributed by atoms with E-state index in [2.05, 4.69) is 20.8 Å². The summed E-state index contributed by atoms with van der Waals surface area (Å²) < 4.78 is 21.6. The van der Waals surface area contributed by atoms with Crippen molar-refractivity contribution < 1.29 is 28.8 Å². The average Bonchev–Trinajstić information content (AvgIpc) is 2.78. The van der Waals surface area contributed by atoms with E-state index in [1.165, 1.54) is 0 Å². The van der Waals surface area contributed by atoms with E-state index < -0.39 is 6.29 Å². The van der Waals surface area contributed by atoms with Gasteiger partial charge < -0.3 is 24.1 Å². The summed E-state index contributed by atoms with van der Waals surface area (Å²) in [6.45, 7) is 9.36. The first-order valence-electron chi connectivity index (χ1n) is 11.3. The third-order valence-electron chi connectivity index (χ3n) is 4.94. The molecule has 0 amide bonds. The molecule has 6 heteroatoms. The Bertz CT molecular complexity index is 545. The van der Waals surface area contributed by atoms with Crippen molar-refractivity contribution in [3.8, 4) is 0 Å². The predicted octanol–water partition coefficient (Wildman–Crippen LogP) is 4.90. The number of esters is 1. The Labute approximate surface area is 181 Å². The van der Waals surface area contributed by atoms with Crippen LogP contribution in [0.5, 0.6) is 0 Å². The van der Waals surface area contributed by atoms with E-state index in [9.17, 15) is 9.90 Å². The van der Waals surface area contributed by atoms with Gasteiger partial charge in [0.05, 0.1) is 38.6 Å². The first-order chi connectivity index (χ1) is 14.6. The summed E-state index contributed by atoms with van der Waals surface area (Å²) in [4.78, 5) is 12.2. The van der Waals surface area contributed by atoms with Crippen LogP contribution < -0.4 is 0 Å². The fraction of sp³-hybridized carbons (Fsp3) is 0.708. The molecule has 172 valence electrons. The monoisotopic (exact) mass is 424 g/mol. The minimum atomic E-state index is -1.06. The molecule has 1 rings (SSSR count). The number of hydrogen-bond donors (Lipinski definition) is 1. The molecule has 0 bridgehead atoms. The molecule has 0 spiro atoms. The lowest BCUT2D eigenvalue weighted by molar-refractivity contribution is -0.117. The zero-order valence-electron chi connectivity index (χ0n) is 18.9. The van der Waals surface area contributed by atoms with Gasteiger partial charge >= 0.3 is 5.97 Å². The summed E-state index contributed by atoms with van der Waals surface area (Å²) in [5, 5.41) is 10.1. The van der Waals surface area contributed by atoms with Crippen LogP contribution in [0.2, 0.25) is 0 Å². The SMILES string of the molecule is CCCCOCCOCCOC(O)c1ccc(C(=O)OCC(CC)CCCC)cc1. The number of unbranched alkanes of at least 4 members (excludes halogenated alkanes) is 2. The number of rotatable bonds is 18. The van der Waals surface area contributed by atoms with Crippen molar-refractivity contribution in [1.29, 1.82) is 0 Å². The highest BCUT2D eigenvalue weighted by atomic mass is 16.6. The number of carbonyl (C=O) groups is 1. The highest BCUT2D eigenvalue weighted by Gasteiger charge is 2.13. The van der Waals surface area contributed by atoms with E-state index in [1.54, 1.807) is 24.3 Å². The summed E-state index contributed by atoms with van der Waals surface area (Å²) in [5.74, 6) is 0.0787. The molecule has 2 atom stereocenters. The van der Waals surface area contributed by atoms with Crippen LogP contribution in [-0.2, 0) is 18.9 Å². The number of aliphatic hydroxyl groups excluding tert-OH is 1. The Kier molecular flexibility index (Phi) is 15.3. The first kappa shape index (κ1) is 26.6. The zero-order valence-corrected chi connectivity index (χ0v) is 18.9. The van der Waals surface area contributed by atoms with Gasteiger partial charge in [-0.05, 0) is 30.9 Å². The second-order valence-corrected chi connectivity index (χ2v) is 7.44. The standard InChI is InChI=1S/C24H40O6/c1-4-7-9-20(6-3)19-30-24(26)22-12-10-21(11-13-22)23(25)29-18-17-28-16-15-27-14-8-5-2/h10-13,20,23,25H,4-9,14-19H2,1-3H3. The molecule has 0 heterocycles. The smallest absolute Gasteiger partial charge is 0.338 e. The van der Waals surface area contributed by atoms with Crippen LogP contribution in [0.4, 0.5) is 0 Å². The van der Waals surface area contributed by atoms with Crippen LogP contribution in [0.1, 0.15) is 81.5 Å². The highest BCUT2D eigenvalue weighted by molar-refractivity contribution is 5.89. The summed E-state index contributed by atoms with van der Waals surface area (Å²) >= 11 is 0. The summed E-state index contributed by atoms with van der Waals surface area (Å²) in [5.41, 5.74) is 1.06. The lowest BCUT2D eigenvalue weighted by atomic mass is 10.0. The normalized spacial score (nSPS) is 13.2. The van der Waals surface area contributed by atoms with Gasteiger partial charge in [0.1, 0.15) is 0 Å². The van der Waals surface area contributed by atoms with Crippen molar-refractivity contribution >= 4 is 5.97 Å². The van der Waals surface area contributed by atoms with Gasteiger partial charge in [-0.15, -0.1) is 0 Å². The minimum Gasteiger partial charge on any atom is -0.462 e. The molecule has 1 aromatic rings. The van der Waals surface area contributed by atoms with Crippen LogP contribution in [0.25, 0.3) is 0 Å². The minimum absolute atomic E-state index is 0.274. The molecule has 0 aliphatic rings. The first-order valence-corrected chi connectivity index (χ1v) is 11.3. The molecule has 0 aliphatic heterocycles. The van der Waals surface area contributed by atoms with Crippen LogP contribution in [0, 0.1) is 5.92 Å². The van der Waals surface area contributed by atoms with E-state index in [-0.39, 0.29) is 12.6 Å². The molecular formula is C24H40O6. The van der Waals surface area contributed by atoms with Crippen LogP contribution in [0.15, 0.2) is 24.3 Å². The molecule has 0 aliphatic carbocycles. The Morgan fingerprint density at radius 2 is 1.53 bits per heavy atom. The molecule has 6 nitrogen and oxygen atoms in total. The molecular weight excluding hydrogens is 384 g/mol. The summed E-state index contributed by atoms with van der Waals surface area (Å²) in [7, 11) is 0. The molecule has 2 unspecified atom stereocenters. The maximum absolute atomic E-state index is 12.2. The van der Waals surface area contributed by atoms with E-state index in [4.69, 9.17) is 18.9 Å². The van der Waals surface area contributed by atoms with Gasteiger partial charge in [-0.3, -0.25) is 0 Å². The Morgan fingerprint density at radius 3 is 2.17 bits per heavy atom. The highest BCUT2D eigenvalue weighted by Crippen LogP contribution is 2.17. The van der Waals surface area contributed by atoms with Crippen LogP contribution in [0.3, 0.4) is 0 Å². The topological polar surface area (TPSA) is 74.2 Å². The van der Waals surface area contributed by atoms with Crippen molar-refractivity contribution in [3.05, 3.63) is 35.4 Å². The Balaban J connectivity index is 2.26. The summed E-state index contributed by atoms with van der Waals surface area (Å²) in [6, 6.07) is 6.67. The van der Waals surface area contributed by atoms with Crippen molar-refractivity contribution in [1.82, 2.24) is 0 Å². The maximum atomic E-state index is 12.2. The average molecular weight is 425 g/mol. The molecule has 0 aromatic heterocycles. The molecule has 1 aromatic carbocycles. The van der Waals surface area contributed by atoms with Gasteiger partial charge in [0.15, 0.2) is 6.29 Å². The molecule has 0 saturated heterocycles. The number of ether oxygens (including phenoxy) is 4. The molecule has 0 radical (unpaired) electrons. The predicted molar refractivity (Wildman–Crippen MR) is 117 cm³/mol. The lowest BCUT2D eigenvalue weighted by Crippen LogP contribution is -2.14. The van der Waals surface area contributed by atoms with Crippen LogP contribution in [-0.4, -0.2) is 50.7 Å². The lowest BCUT2D eigenvalue weighted by Gasteiger charge is -2.15. The number of hydrogen-bond acceptors (Lipinski definition) is 6. The number of carbonyl (C=O) groups excluding carboxylic acids is 1. The Hall–Kier alpha value is -1.47. The fourth-order valence-electron chi connectivity index (χ4n) is 2.84. The zero-order chi connectivity index (χ0) is 22.0. The van der Waals surface area contributed by atoms with Gasteiger partial charge in [0.2, 0.25) is 0 Å². The van der Waals surface area contributed by atoms with E-state index in [1.807, 2.05) is 0 Å². The van der Waals surface area contributed by atoms with Crippen molar-refractivity contribution in [2.24, 2.45) is 5.92 Å². The van der Waals surface area contributed by atoms with E-state index >= 15 is 0 Å². The third-order valence-corrected chi connectivity index (χ3v) is 4.94. The Morgan fingerprint density at radius 1 is 0.900 bits per heavy atom. The van der Waals surface area contributed by atoms with Gasteiger partial charge in [0.25, 0.3) is 0 Å². The largest absolute Gasteiger partial charge is 0.462 e. The van der Waals surface area contributed by atoms with Gasteiger partial charge in [0, 0.05) is 12.2 Å². The second kappa shape index (κ2) is 17.2. The summed E-state index contributed by atoms with van der Waals surface area (Å²) in [6.07, 6.45) is 5.51. The maximum Gasteiger partial charge on any atom is 0.338 e. The number of benzene rings is 1. The second-order valence-electron chi connectivity index (χ2n) is 7.44. The molecule has 30 heavy (non-hydrogen) atoms. The van der Waals surface area contributed by atoms with Crippen molar-refractivity contribution in [3.63, 3.8) is 0 Å². The van der Waals surface area contributed by atoms with Crippen molar-refractivity contribution in [2.45, 2.75) is 65.6 Å². The van der Waals surface area contributed by atoms with Crippen LogP contribution >= 0.6 is 0 Å². The van der Waals surface area contributed by atoms with Crippen molar-refractivity contribution in [2.75, 3.05) is 39.6 Å². The van der Waals surface area contributed by atoms with E-state index in [0.717, 1.165) is 45.1 Å². The van der Waals surface area contributed by atoms with E-state index in [0.29, 0.717) is 43.5 Å². The van der Waals surface area contributed by atoms with Gasteiger partial charge in [-0.25, -0.2) is 4.79 Å². The molecule has 0 fully saturated rings. The number of aliphatic hydroxyl groups is 1. The van der Waals surface area contributed by atoms with Gasteiger partial charge in [-0.1, -0.05) is 58.6 Å². The van der Waals surface area contributed by atoms with Gasteiger partial charge in [-0.2, -0.15) is 0 Å².